The van der Waals surface area contributed by atoms with Crippen molar-refractivity contribution in [1.29, 1.82) is 0 Å². The van der Waals surface area contributed by atoms with E-state index >= 15 is 0 Å². The van der Waals surface area contributed by atoms with Gasteiger partial charge >= 0.3 is 0 Å². The topological polar surface area (TPSA) is 38.3 Å². The Bertz CT molecular complexity index is 900. The molecule has 5 heteroatoms. The van der Waals surface area contributed by atoms with Crippen LogP contribution < -0.4 is 10.1 Å². The first-order valence-electron chi connectivity index (χ1n) is 8.11. The number of hydrogen-bond acceptors (Lipinski definition) is 2. The lowest BCUT2D eigenvalue weighted by Crippen LogP contribution is -2.21. The molecular formula is C21H17BrFNO2. The summed E-state index contributed by atoms with van der Waals surface area (Å²) in [5.74, 6) is -0.814. The molecule has 0 radical (unpaired) electrons. The molecule has 0 aliphatic heterocycles. The Kier molecular flexibility index (Phi) is 6.02. The highest BCUT2D eigenvalue weighted by Gasteiger charge is 2.10. The van der Waals surface area contributed by atoms with Gasteiger partial charge in [-0.1, -0.05) is 64.5 Å². The van der Waals surface area contributed by atoms with Crippen molar-refractivity contribution in [3.8, 4) is 5.75 Å². The van der Waals surface area contributed by atoms with E-state index in [9.17, 15) is 9.18 Å². The molecule has 0 unspecified atom stereocenters. The maximum Gasteiger partial charge on any atom is 0.262 e. The molecular weight excluding hydrogens is 397 g/mol. The van der Waals surface area contributed by atoms with E-state index in [1.54, 1.807) is 6.07 Å². The second-order valence-electron chi connectivity index (χ2n) is 5.73. The SMILES string of the molecule is O=C(COc1ccc(Br)cc1F)Nc1ccccc1Cc1ccccc1. The van der Waals surface area contributed by atoms with Crippen molar-refractivity contribution in [1.82, 2.24) is 0 Å². The Morgan fingerprint density at radius 2 is 1.73 bits per heavy atom. The van der Waals surface area contributed by atoms with Crippen LogP contribution in [0.25, 0.3) is 0 Å². The van der Waals surface area contributed by atoms with E-state index in [2.05, 4.69) is 21.2 Å². The summed E-state index contributed by atoms with van der Waals surface area (Å²) in [6.07, 6.45) is 0.708. The van der Waals surface area contributed by atoms with Crippen molar-refractivity contribution in [3.63, 3.8) is 0 Å². The van der Waals surface area contributed by atoms with Gasteiger partial charge in [0.25, 0.3) is 5.91 Å². The molecule has 0 saturated heterocycles. The van der Waals surface area contributed by atoms with E-state index in [0.29, 0.717) is 10.9 Å². The number of benzene rings is 3. The molecule has 26 heavy (non-hydrogen) atoms. The number of rotatable bonds is 6. The third-order valence-electron chi connectivity index (χ3n) is 3.78. The lowest BCUT2D eigenvalue weighted by molar-refractivity contribution is -0.118. The Hall–Kier alpha value is -2.66. The van der Waals surface area contributed by atoms with Gasteiger partial charge in [-0.25, -0.2) is 4.39 Å². The van der Waals surface area contributed by atoms with Crippen molar-refractivity contribution < 1.29 is 13.9 Å². The number of para-hydroxylation sites is 1. The number of carbonyl (C=O) groups excluding carboxylic acids is 1. The van der Waals surface area contributed by atoms with E-state index in [1.165, 1.54) is 12.1 Å². The number of hydrogen-bond donors (Lipinski definition) is 1. The molecule has 0 aliphatic rings. The molecule has 0 heterocycles. The number of ether oxygens (including phenoxy) is 1. The van der Waals surface area contributed by atoms with Gasteiger partial charge in [-0.05, 0) is 41.8 Å². The number of anilines is 1. The van der Waals surface area contributed by atoms with Gasteiger partial charge in [-0.15, -0.1) is 0 Å². The summed E-state index contributed by atoms with van der Waals surface area (Å²) < 4.78 is 19.6. The van der Waals surface area contributed by atoms with Crippen molar-refractivity contribution in [2.45, 2.75) is 6.42 Å². The first-order chi connectivity index (χ1) is 12.6. The van der Waals surface area contributed by atoms with Crippen LogP contribution in [0.3, 0.4) is 0 Å². The fourth-order valence-electron chi connectivity index (χ4n) is 2.53. The second kappa shape index (κ2) is 8.63. The maximum absolute atomic E-state index is 13.7. The zero-order valence-electron chi connectivity index (χ0n) is 13.9. The lowest BCUT2D eigenvalue weighted by Gasteiger charge is -2.12. The lowest BCUT2D eigenvalue weighted by atomic mass is 10.0. The van der Waals surface area contributed by atoms with E-state index in [0.717, 1.165) is 16.8 Å². The third-order valence-corrected chi connectivity index (χ3v) is 4.27. The standard InChI is InChI=1S/C21H17BrFNO2/c22-17-10-11-20(18(23)13-17)26-14-21(25)24-19-9-5-4-8-16(19)12-15-6-2-1-3-7-15/h1-11,13H,12,14H2,(H,24,25). The van der Waals surface area contributed by atoms with Gasteiger partial charge in [0.2, 0.25) is 0 Å². The van der Waals surface area contributed by atoms with Crippen LogP contribution in [0, 0.1) is 5.82 Å². The van der Waals surface area contributed by atoms with Crippen molar-refractivity contribution >= 4 is 27.5 Å². The first-order valence-corrected chi connectivity index (χ1v) is 8.90. The molecule has 0 saturated carbocycles. The molecule has 3 aromatic carbocycles. The molecule has 3 rings (SSSR count). The minimum absolute atomic E-state index is 0.0425. The number of amides is 1. The van der Waals surface area contributed by atoms with Crippen molar-refractivity contribution in [2.75, 3.05) is 11.9 Å². The van der Waals surface area contributed by atoms with Gasteiger partial charge in [0.05, 0.1) is 0 Å². The monoisotopic (exact) mass is 413 g/mol. The minimum Gasteiger partial charge on any atom is -0.481 e. The van der Waals surface area contributed by atoms with Gasteiger partial charge in [-0.3, -0.25) is 4.79 Å². The van der Waals surface area contributed by atoms with E-state index in [1.807, 2.05) is 54.6 Å². The normalized spacial score (nSPS) is 10.4. The average molecular weight is 414 g/mol. The summed E-state index contributed by atoms with van der Waals surface area (Å²) in [6.45, 7) is -0.266. The molecule has 3 aromatic rings. The highest BCUT2D eigenvalue weighted by Crippen LogP contribution is 2.22. The number of nitrogens with one attached hydrogen (secondary N) is 1. The highest BCUT2D eigenvalue weighted by molar-refractivity contribution is 9.10. The van der Waals surface area contributed by atoms with Crippen LogP contribution in [0.4, 0.5) is 10.1 Å². The van der Waals surface area contributed by atoms with Gasteiger partial charge in [-0.2, -0.15) is 0 Å². The fraction of sp³-hybridized carbons (Fsp3) is 0.0952. The van der Waals surface area contributed by atoms with E-state index in [-0.39, 0.29) is 18.3 Å². The van der Waals surface area contributed by atoms with Crippen LogP contribution >= 0.6 is 15.9 Å². The molecule has 0 atom stereocenters. The zero-order valence-corrected chi connectivity index (χ0v) is 15.5. The van der Waals surface area contributed by atoms with Gasteiger partial charge in [0, 0.05) is 10.2 Å². The molecule has 0 fully saturated rings. The Morgan fingerprint density at radius 1 is 1.00 bits per heavy atom. The number of halogens is 2. The summed E-state index contributed by atoms with van der Waals surface area (Å²) >= 11 is 3.18. The molecule has 132 valence electrons. The molecule has 0 aliphatic carbocycles. The quantitative estimate of drug-likeness (QED) is 0.603. The smallest absolute Gasteiger partial charge is 0.262 e. The molecule has 1 N–H and O–H groups in total. The summed E-state index contributed by atoms with van der Waals surface area (Å²) in [5.41, 5.74) is 2.88. The second-order valence-corrected chi connectivity index (χ2v) is 6.65. The van der Waals surface area contributed by atoms with Crippen LogP contribution in [-0.4, -0.2) is 12.5 Å². The van der Waals surface area contributed by atoms with Crippen molar-refractivity contribution in [2.24, 2.45) is 0 Å². The highest BCUT2D eigenvalue weighted by atomic mass is 79.9. The van der Waals surface area contributed by atoms with Gasteiger partial charge in [0.15, 0.2) is 18.2 Å². The van der Waals surface area contributed by atoms with E-state index < -0.39 is 5.82 Å². The largest absolute Gasteiger partial charge is 0.481 e. The van der Waals surface area contributed by atoms with Crippen molar-refractivity contribution in [3.05, 3.63) is 94.2 Å². The van der Waals surface area contributed by atoms with Gasteiger partial charge in [0.1, 0.15) is 0 Å². The Labute approximate surface area is 159 Å². The molecule has 0 bridgehead atoms. The fourth-order valence-corrected chi connectivity index (χ4v) is 2.87. The van der Waals surface area contributed by atoms with Crippen LogP contribution in [0.2, 0.25) is 0 Å². The van der Waals surface area contributed by atoms with Crippen LogP contribution in [0.5, 0.6) is 5.75 Å². The molecule has 1 amide bonds. The number of carbonyl (C=O) groups is 1. The summed E-state index contributed by atoms with van der Waals surface area (Å²) in [5, 5.41) is 2.84. The summed E-state index contributed by atoms with van der Waals surface area (Å²) in [7, 11) is 0. The van der Waals surface area contributed by atoms with Crippen LogP contribution in [0.1, 0.15) is 11.1 Å². The third kappa shape index (κ3) is 4.92. The van der Waals surface area contributed by atoms with Crippen LogP contribution in [0.15, 0.2) is 77.3 Å². The first kappa shape index (κ1) is 18.1. The predicted octanol–water partition coefficient (Wildman–Crippen LogP) is 5.20. The Morgan fingerprint density at radius 3 is 2.50 bits per heavy atom. The molecule has 3 nitrogen and oxygen atoms in total. The summed E-state index contributed by atoms with van der Waals surface area (Å²) in [4.78, 5) is 12.2. The minimum atomic E-state index is -0.517. The maximum atomic E-state index is 13.7. The Balaban J connectivity index is 1.64. The van der Waals surface area contributed by atoms with Gasteiger partial charge < -0.3 is 10.1 Å². The van der Waals surface area contributed by atoms with Crippen LogP contribution in [-0.2, 0) is 11.2 Å². The predicted molar refractivity (Wildman–Crippen MR) is 104 cm³/mol. The zero-order chi connectivity index (χ0) is 18.4. The average Bonchev–Trinajstić information content (AvgIpc) is 2.63. The molecule has 0 spiro atoms. The molecule has 0 aromatic heterocycles. The van der Waals surface area contributed by atoms with E-state index in [4.69, 9.17) is 4.74 Å². The summed E-state index contributed by atoms with van der Waals surface area (Å²) in [6, 6.07) is 22.1.